The largest absolute Gasteiger partial charge is 0.384 e. The van der Waals surface area contributed by atoms with Crippen LogP contribution in [0.1, 0.15) is 61.7 Å². The maximum atomic E-state index is 13.9. The molecule has 6 N–H and O–H groups in total. The SMILES string of the molecule is O=C(NC(=O)C(Cc1cnc[nH]1)NC(CC1CCCCC1)C(O)c1ncc[nH]1)C(Cc1ccccc1)NC(=O)N1CCOCC1. The number of amides is 4. The maximum Gasteiger partial charge on any atom is 0.318 e. The number of nitrogens with zero attached hydrogens (tertiary/aromatic N) is 3. The number of H-pyrrole nitrogens is 2. The van der Waals surface area contributed by atoms with Crippen molar-refractivity contribution in [2.45, 2.75) is 75.6 Å². The fourth-order valence-electron chi connectivity index (χ4n) is 6.16. The number of rotatable bonds is 13. The number of aliphatic hydroxyl groups is 1. The first-order valence-corrected chi connectivity index (χ1v) is 15.9. The lowest BCUT2D eigenvalue weighted by molar-refractivity contribution is -0.133. The quantitative estimate of drug-likeness (QED) is 0.168. The molecule has 1 saturated carbocycles. The van der Waals surface area contributed by atoms with Crippen molar-refractivity contribution in [2.75, 3.05) is 26.3 Å². The molecule has 1 aromatic carbocycles. The highest BCUT2D eigenvalue weighted by Gasteiger charge is 2.34. The molecule has 0 bridgehead atoms. The predicted molar refractivity (Wildman–Crippen MR) is 166 cm³/mol. The predicted octanol–water partition coefficient (Wildman–Crippen LogP) is 2.00. The molecule has 242 valence electrons. The minimum Gasteiger partial charge on any atom is -0.384 e. The fourth-order valence-corrected chi connectivity index (χ4v) is 6.16. The summed E-state index contributed by atoms with van der Waals surface area (Å²) in [7, 11) is 0. The monoisotopic (exact) mass is 620 g/mol. The number of carbonyl (C=O) groups is 3. The van der Waals surface area contributed by atoms with Crippen LogP contribution >= 0.6 is 0 Å². The van der Waals surface area contributed by atoms with Crippen molar-refractivity contribution < 1.29 is 24.2 Å². The second-order valence-corrected chi connectivity index (χ2v) is 11.9. The van der Waals surface area contributed by atoms with E-state index in [0.29, 0.717) is 50.2 Å². The first kappa shape index (κ1) is 32.3. The van der Waals surface area contributed by atoms with E-state index in [4.69, 9.17) is 4.74 Å². The van der Waals surface area contributed by atoms with Crippen molar-refractivity contribution in [3.8, 4) is 0 Å². The number of aromatic amines is 2. The van der Waals surface area contributed by atoms with Gasteiger partial charge in [-0.15, -0.1) is 0 Å². The summed E-state index contributed by atoms with van der Waals surface area (Å²) in [5.41, 5.74) is 1.54. The summed E-state index contributed by atoms with van der Waals surface area (Å²) in [4.78, 5) is 56.7. The highest BCUT2D eigenvalue weighted by molar-refractivity contribution is 6.01. The van der Waals surface area contributed by atoms with Gasteiger partial charge in [-0.05, 0) is 17.9 Å². The average molecular weight is 621 g/mol. The van der Waals surface area contributed by atoms with Gasteiger partial charge in [-0.2, -0.15) is 0 Å². The molecule has 3 heterocycles. The van der Waals surface area contributed by atoms with Gasteiger partial charge >= 0.3 is 6.03 Å². The smallest absolute Gasteiger partial charge is 0.318 e. The third-order valence-electron chi connectivity index (χ3n) is 8.64. The van der Waals surface area contributed by atoms with Crippen LogP contribution in [0.15, 0.2) is 55.2 Å². The summed E-state index contributed by atoms with van der Waals surface area (Å²) < 4.78 is 5.36. The van der Waals surface area contributed by atoms with Gasteiger partial charge in [0.2, 0.25) is 11.8 Å². The van der Waals surface area contributed by atoms with Crippen molar-refractivity contribution in [3.63, 3.8) is 0 Å². The number of ether oxygens (including phenoxy) is 1. The number of morpholine rings is 1. The number of benzene rings is 1. The topological polar surface area (TPSA) is 177 Å². The molecule has 4 amide bonds. The van der Waals surface area contributed by atoms with E-state index in [0.717, 1.165) is 31.2 Å². The zero-order valence-corrected chi connectivity index (χ0v) is 25.5. The Hall–Kier alpha value is -4.07. The van der Waals surface area contributed by atoms with Gasteiger partial charge in [-0.3, -0.25) is 20.2 Å². The second kappa shape index (κ2) is 16.3. The number of nitrogens with one attached hydrogen (secondary N) is 5. The third-order valence-corrected chi connectivity index (χ3v) is 8.64. The van der Waals surface area contributed by atoms with Gasteiger partial charge in [-0.1, -0.05) is 62.4 Å². The average Bonchev–Trinajstić information content (AvgIpc) is 3.80. The highest BCUT2D eigenvalue weighted by atomic mass is 16.5. The Morgan fingerprint density at radius 2 is 1.76 bits per heavy atom. The summed E-state index contributed by atoms with van der Waals surface area (Å²) in [6.45, 7) is 1.69. The molecule has 1 aliphatic carbocycles. The summed E-state index contributed by atoms with van der Waals surface area (Å²) in [6, 6.07) is 6.57. The Bertz CT molecular complexity index is 1320. The Kier molecular flexibility index (Phi) is 11.7. The summed E-state index contributed by atoms with van der Waals surface area (Å²) >= 11 is 0. The molecule has 4 unspecified atom stereocenters. The van der Waals surface area contributed by atoms with E-state index in [1.165, 1.54) is 12.7 Å². The Labute approximate surface area is 262 Å². The number of aliphatic hydroxyl groups excluding tert-OH is 1. The van der Waals surface area contributed by atoms with E-state index in [1.807, 2.05) is 30.3 Å². The molecule has 3 aromatic rings. The second-order valence-electron chi connectivity index (χ2n) is 11.9. The molecule has 13 heteroatoms. The maximum absolute atomic E-state index is 13.9. The Morgan fingerprint density at radius 3 is 2.44 bits per heavy atom. The number of hydrogen-bond donors (Lipinski definition) is 6. The van der Waals surface area contributed by atoms with Crippen molar-refractivity contribution >= 4 is 17.8 Å². The van der Waals surface area contributed by atoms with Crippen molar-refractivity contribution in [1.29, 1.82) is 0 Å². The van der Waals surface area contributed by atoms with E-state index in [-0.39, 0.29) is 18.9 Å². The fraction of sp³-hybridized carbons (Fsp3) is 0.531. The summed E-state index contributed by atoms with van der Waals surface area (Å²) in [5, 5.41) is 20.2. The molecule has 2 aromatic heterocycles. The summed E-state index contributed by atoms with van der Waals surface area (Å²) in [5.74, 6) is -0.372. The normalized spacial score (nSPS) is 18.5. The number of imidazole rings is 2. The van der Waals surface area contributed by atoms with E-state index in [2.05, 4.69) is 35.9 Å². The molecule has 1 saturated heterocycles. The van der Waals surface area contributed by atoms with Gasteiger partial charge in [0, 0.05) is 56.3 Å². The van der Waals surface area contributed by atoms with E-state index in [9.17, 15) is 19.5 Å². The van der Waals surface area contributed by atoms with Crippen LogP contribution in [0.4, 0.5) is 4.79 Å². The van der Waals surface area contributed by atoms with Crippen molar-refractivity contribution in [3.05, 3.63) is 72.3 Å². The number of urea groups is 1. The van der Waals surface area contributed by atoms with Crippen molar-refractivity contribution in [2.24, 2.45) is 5.92 Å². The third kappa shape index (κ3) is 9.46. The van der Waals surface area contributed by atoms with Crippen LogP contribution in [-0.4, -0.2) is 92.2 Å². The highest BCUT2D eigenvalue weighted by Crippen LogP contribution is 2.30. The van der Waals surface area contributed by atoms with Crippen LogP contribution in [-0.2, 0) is 27.2 Å². The standard InChI is InChI=1S/C32H44N8O5/c41-28(29-34-11-12-35-29)25(17-22-7-3-1-4-8-22)37-27(19-24-20-33-21-36-24)31(43)39-30(42)26(18-23-9-5-2-6-10-23)38-32(44)40-13-15-45-16-14-40/h2,5-6,9-12,20-22,25-28,37,41H,1,3-4,7-8,13-19H2,(H,33,36)(H,34,35)(H,38,44)(H,39,42,43). The van der Waals surface area contributed by atoms with Crippen LogP contribution in [0.3, 0.4) is 0 Å². The number of aromatic nitrogens is 4. The van der Waals surface area contributed by atoms with Gasteiger partial charge in [0.25, 0.3) is 0 Å². The first-order valence-electron chi connectivity index (χ1n) is 15.9. The van der Waals surface area contributed by atoms with Crippen LogP contribution in [0.5, 0.6) is 0 Å². The molecule has 0 spiro atoms. The Morgan fingerprint density at radius 1 is 1.00 bits per heavy atom. The van der Waals surface area contributed by atoms with Gasteiger partial charge in [0.1, 0.15) is 18.0 Å². The lowest BCUT2D eigenvalue weighted by Gasteiger charge is -2.32. The molecule has 13 nitrogen and oxygen atoms in total. The van der Waals surface area contributed by atoms with Gasteiger partial charge in [0.15, 0.2) is 0 Å². The van der Waals surface area contributed by atoms with Crippen molar-refractivity contribution in [1.82, 2.24) is 40.8 Å². The number of carbonyl (C=O) groups excluding carboxylic acids is 3. The van der Waals surface area contributed by atoms with E-state index < -0.39 is 36.0 Å². The molecular weight excluding hydrogens is 576 g/mol. The zero-order chi connectivity index (χ0) is 31.4. The summed E-state index contributed by atoms with van der Waals surface area (Å²) in [6.07, 6.45) is 12.1. The molecular formula is C32H44N8O5. The van der Waals surface area contributed by atoms with E-state index in [1.54, 1.807) is 23.5 Å². The lowest BCUT2D eigenvalue weighted by atomic mass is 9.83. The molecule has 0 radical (unpaired) electrons. The lowest BCUT2D eigenvalue weighted by Crippen LogP contribution is -2.58. The molecule has 1 aliphatic heterocycles. The number of hydrogen-bond acceptors (Lipinski definition) is 8. The molecule has 45 heavy (non-hydrogen) atoms. The van der Waals surface area contributed by atoms with Gasteiger partial charge in [0.05, 0.1) is 25.6 Å². The van der Waals surface area contributed by atoms with Crippen LogP contribution in [0.2, 0.25) is 0 Å². The molecule has 4 atom stereocenters. The molecule has 2 fully saturated rings. The first-order chi connectivity index (χ1) is 22.0. The minimum absolute atomic E-state index is 0.203. The Balaban J connectivity index is 1.33. The molecule has 5 rings (SSSR count). The minimum atomic E-state index is -0.994. The zero-order valence-electron chi connectivity index (χ0n) is 25.5. The van der Waals surface area contributed by atoms with E-state index >= 15 is 0 Å². The molecule has 2 aliphatic rings. The van der Waals surface area contributed by atoms with Crippen LogP contribution in [0.25, 0.3) is 0 Å². The van der Waals surface area contributed by atoms with Gasteiger partial charge < -0.3 is 30.0 Å². The van der Waals surface area contributed by atoms with Gasteiger partial charge in [-0.25, -0.2) is 14.8 Å². The van der Waals surface area contributed by atoms with Crippen LogP contribution < -0.4 is 16.0 Å². The number of imide groups is 1. The van der Waals surface area contributed by atoms with Crippen LogP contribution in [0, 0.1) is 5.92 Å².